The van der Waals surface area contributed by atoms with Gasteiger partial charge in [-0.2, -0.15) is 0 Å². The van der Waals surface area contributed by atoms with Crippen molar-refractivity contribution in [1.29, 1.82) is 0 Å². The Morgan fingerprint density at radius 1 is 1.44 bits per heavy atom. The molecule has 0 radical (unpaired) electrons. The van der Waals surface area contributed by atoms with Crippen molar-refractivity contribution in [1.82, 2.24) is 10.3 Å². The van der Waals surface area contributed by atoms with Crippen molar-refractivity contribution >= 4 is 0 Å². The van der Waals surface area contributed by atoms with Crippen LogP contribution < -0.4 is 5.32 Å². The van der Waals surface area contributed by atoms with Gasteiger partial charge in [0.2, 0.25) is 0 Å². The predicted molar refractivity (Wildman–Crippen MR) is 64.1 cm³/mol. The molecule has 0 amide bonds. The van der Waals surface area contributed by atoms with E-state index in [0.29, 0.717) is 0 Å². The van der Waals surface area contributed by atoms with Crippen LogP contribution in [0.5, 0.6) is 0 Å². The van der Waals surface area contributed by atoms with Gasteiger partial charge in [-0.1, -0.05) is 18.9 Å². The smallest absolute Gasteiger partial charge is 0.0693 e. The largest absolute Gasteiger partial charge is 0.392 e. The van der Waals surface area contributed by atoms with Crippen molar-refractivity contribution in [3.63, 3.8) is 0 Å². The van der Waals surface area contributed by atoms with Gasteiger partial charge < -0.3 is 10.4 Å². The highest BCUT2D eigenvalue weighted by molar-refractivity contribution is 5.17. The molecule has 2 rings (SSSR count). The molecule has 0 spiro atoms. The molecule has 1 saturated carbocycles. The molecule has 0 bridgehead atoms. The molecule has 1 fully saturated rings. The van der Waals surface area contributed by atoms with Gasteiger partial charge in [0.05, 0.1) is 11.8 Å². The van der Waals surface area contributed by atoms with Crippen molar-refractivity contribution in [2.75, 3.05) is 0 Å². The maximum atomic E-state index is 9.83. The van der Waals surface area contributed by atoms with Crippen LogP contribution in [0.4, 0.5) is 0 Å². The Balaban J connectivity index is 1.89. The van der Waals surface area contributed by atoms with Gasteiger partial charge in [-0.3, -0.25) is 4.98 Å². The Morgan fingerprint density at radius 3 is 3.00 bits per heavy atom. The molecule has 1 heterocycles. The summed E-state index contributed by atoms with van der Waals surface area (Å²) in [6.45, 7) is 2.83. The molecule has 1 aromatic rings. The van der Waals surface area contributed by atoms with E-state index in [1.54, 1.807) is 0 Å². The van der Waals surface area contributed by atoms with Crippen LogP contribution in [0.1, 0.15) is 36.9 Å². The summed E-state index contributed by atoms with van der Waals surface area (Å²) in [5, 5.41) is 13.2. The second-order valence-electron chi connectivity index (χ2n) is 4.61. The Labute approximate surface area is 96.9 Å². The monoisotopic (exact) mass is 220 g/mol. The first kappa shape index (κ1) is 11.6. The average Bonchev–Trinajstić information content (AvgIpc) is 2.30. The van der Waals surface area contributed by atoms with Crippen molar-refractivity contribution in [2.24, 2.45) is 0 Å². The molecular formula is C13H20N2O. The van der Waals surface area contributed by atoms with E-state index in [1.165, 1.54) is 12.0 Å². The summed E-state index contributed by atoms with van der Waals surface area (Å²) in [4.78, 5) is 4.34. The van der Waals surface area contributed by atoms with Crippen LogP contribution in [0.15, 0.2) is 18.3 Å². The maximum absolute atomic E-state index is 9.83. The quantitative estimate of drug-likeness (QED) is 0.816. The lowest BCUT2D eigenvalue weighted by molar-refractivity contribution is 0.0900. The van der Waals surface area contributed by atoms with Gasteiger partial charge in [0.1, 0.15) is 0 Å². The van der Waals surface area contributed by atoms with Gasteiger partial charge in [0.25, 0.3) is 0 Å². The molecule has 0 aliphatic heterocycles. The van der Waals surface area contributed by atoms with E-state index in [2.05, 4.69) is 23.3 Å². The lowest BCUT2D eigenvalue weighted by Gasteiger charge is -2.28. The third kappa shape index (κ3) is 2.80. The average molecular weight is 220 g/mol. The fraction of sp³-hybridized carbons (Fsp3) is 0.615. The number of aliphatic hydroxyl groups excluding tert-OH is 1. The number of hydrogen-bond acceptors (Lipinski definition) is 3. The van der Waals surface area contributed by atoms with E-state index in [-0.39, 0.29) is 12.1 Å². The van der Waals surface area contributed by atoms with Crippen LogP contribution in [0.25, 0.3) is 0 Å². The van der Waals surface area contributed by atoms with E-state index >= 15 is 0 Å². The third-order valence-electron chi connectivity index (χ3n) is 3.38. The van der Waals surface area contributed by atoms with Gasteiger partial charge >= 0.3 is 0 Å². The number of nitrogens with one attached hydrogen (secondary N) is 1. The first-order valence-electron chi connectivity index (χ1n) is 6.09. The van der Waals surface area contributed by atoms with Crippen LogP contribution in [0, 0.1) is 6.92 Å². The summed E-state index contributed by atoms with van der Waals surface area (Å²) >= 11 is 0. The number of hydrogen-bond donors (Lipinski definition) is 2. The molecule has 3 nitrogen and oxygen atoms in total. The van der Waals surface area contributed by atoms with Crippen molar-refractivity contribution in [2.45, 2.75) is 51.3 Å². The number of aliphatic hydroxyl groups is 1. The van der Waals surface area contributed by atoms with E-state index in [4.69, 9.17) is 0 Å². The predicted octanol–water partition coefficient (Wildman–Crippen LogP) is 1.78. The molecule has 1 aromatic heterocycles. The second kappa shape index (κ2) is 5.41. The summed E-state index contributed by atoms with van der Waals surface area (Å²) < 4.78 is 0. The number of nitrogens with zero attached hydrogens (tertiary/aromatic N) is 1. The van der Waals surface area contributed by atoms with Crippen LogP contribution in [-0.4, -0.2) is 22.2 Å². The van der Waals surface area contributed by atoms with Gasteiger partial charge in [0.15, 0.2) is 0 Å². The molecule has 0 saturated heterocycles. The zero-order valence-electron chi connectivity index (χ0n) is 9.82. The summed E-state index contributed by atoms with van der Waals surface area (Å²) in [5.74, 6) is 0. The van der Waals surface area contributed by atoms with Gasteiger partial charge in [-0.25, -0.2) is 0 Å². The molecular weight excluding hydrogens is 200 g/mol. The van der Waals surface area contributed by atoms with E-state index in [1.807, 2.05) is 12.3 Å². The lowest BCUT2D eigenvalue weighted by Crippen LogP contribution is -2.41. The SMILES string of the molecule is Cc1cccnc1CN[C@@H]1CCCC[C@H]1O. The normalized spacial score (nSPS) is 25.6. The van der Waals surface area contributed by atoms with E-state index in [0.717, 1.165) is 31.5 Å². The Morgan fingerprint density at radius 2 is 2.25 bits per heavy atom. The van der Waals surface area contributed by atoms with Crippen LogP contribution >= 0.6 is 0 Å². The molecule has 2 atom stereocenters. The number of aromatic nitrogens is 1. The zero-order chi connectivity index (χ0) is 11.4. The van der Waals surface area contributed by atoms with Gasteiger partial charge in [-0.05, 0) is 31.4 Å². The first-order valence-corrected chi connectivity index (χ1v) is 6.09. The van der Waals surface area contributed by atoms with E-state index < -0.39 is 0 Å². The topological polar surface area (TPSA) is 45.2 Å². The Kier molecular flexibility index (Phi) is 3.91. The van der Waals surface area contributed by atoms with Gasteiger partial charge in [0, 0.05) is 18.8 Å². The first-order chi connectivity index (χ1) is 7.77. The molecule has 88 valence electrons. The number of pyridine rings is 1. The highest BCUT2D eigenvalue weighted by atomic mass is 16.3. The highest BCUT2D eigenvalue weighted by Gasteiger charge is 2.22. The van der Waals surface area contributed by atoms with Crippen molar-refractivity contribution in [3.05, 3.63) is 29.6 Å². The standard InChI is InChI=1S/C13H20N2O/c1-10-5-4-8-14-12(10)9-15-11-6-2-3-7-13(11)16/h4-5,8,11,13,15-16H,2-3,6-7,9H2,1H3/t11-,13-/m1/s1. The summed E-state index contributed by atoms with van der Waals surface area (Å²) in [5.41, 5.74) is 2.29. The Hall–Kier alpha value is -0.930. The number of rotatable bonds is 3. The van der Waals surface area contributed by atoms with E-state index in [9.17, 15) is 5.11 Å². The van der Waals surface area contributed by atoms with Crippen molar-refractivity contribution < 1.29 is 5.11 Å². The fourth-order valence-electron chi connectivity index (χ4n) is 2.28. The highest BCUT2D eigenvalue weighted by Crippen LogP contribution is 2.18. The minimum Gasteiger partial charge on any atom is -0.392 e. The minimum absolute atomic E-state index is 0.183. The molecule has 3 heteroatoms. The minimum atomic E-state index is -0.183. The molecule has 1 aliphatic rings. The summed E-state index contributed by atoms with van der Waals surface area (Å²) in [7, 11) is 0. The maximum Gasteiger partial charge on any atom is 0.0693 e. The third-order valence-corrected chi connectivity index (χ3v) is 3.38. The second-order valence-corrected chi connectivity index (χ2v) is 4.61. The summed E-state index contributed by atoms with van der Waals surface area (Å²) in [6.07, 6.45) is 6.02. The molecule has 2 N–H and O–H groups in total. The Bertz CT molecular complexity index is 340. The summed E-state index contributed by atoms with van der Waals surface area (Å²) in [6, 6.07) is 4.27. The van der Waals surface area contributed by atoms with Gasteiger partial charge in [-0.15, -0.1) is 0 Å². The fourth-order valence-corrected chi connectivity index (χ4v) is 2.28. The van der Waals surface area contributed by atoms with Crippen LogP contribution in [-0.2, 0) is 6.54 Å². The molecule has 0 aromatic carbocycles. The zero-order valence-corrected chi connectivity index (χ0v) is 9.82. The number of aryl methyl sites for hydroxylation is 1. The molecule has 0 unspecified atom stereocenters. The van der Waals surface area contributed by atoms with Crippen LogP contribution in [0.3, 0.4) is 0 Å². The van der Waals surface area contributed by atoms with Crippen molar-refractivity contribution in [3.8, 4) is 0 Å². The van der Waals surface area contributed by atoms with Crippen LogP contribution in [0.2, 0.25) is 0 Å². The lowest BCUT2D eigenvalue weighted by atomic mass is 9.92. The molecule has 16 heavy (non-hydrogen) atoms. The molecule has 1 aliphatic carbocycles.